The Hall–Kier alpha value is -3.72. The number of benzene rings is 2. The van der Waals surface area contributed by atoms with E-state index in [9.17, 15) is 14.0 Å². The van der Waals surface area contributed by atoms with E-state index in [0.29, 0.717) is 44.3 Å². The zero-order valence-corrected chi connectivity index (χ0v) is 20.6. The first-order chi connectivity index (χ1) is 16.9. The molecule has 0 radical (unpaired) electrons. The van der Waals surface area contributed by atoms with Crippen LogP contribution in [0.25, 0.3) is 6.08 Å². The highest BCUT2D eigenvalue weighted by Crippen LogP contribution is 2.36. The second-order valence-electron chi connectivity index (χ2n) is 7.70. The molecule has 0 saturated heterocycles. The summed E-state index contributed by atoms with van der Waals surface area (Å²) in [6, 6.07) is 10.4. The zero-order chi connectivity index (χ0) is 25.1. The molecule has 35 heavy (non-hydrogen) atoms. The van der Waals surface area contributed by atoms with Crippen molar-refractivity contribution >= 4 is 23.4 Å². The van der Waals surface area contributed by atoms with Crippen LogP contribution in [0.15, 0.2) is 63.5 Å². The molecule has 0 saturated carbocycles. The number of nitrogens with zero attached hydrogens (tertiary/aromatic N) is 2. The molecule has 3 aromatic rings. The monoisotopic (exact) mass is 496 g/mol. The molecule has 1 atom stereocenters. The number of hydrogen-bond donors (Lipinski definition) is 0. The lowest BCUT2D eigenvalue weighted by atomic mass is 9.95. The van der Waals surface area contributed by atoms with Gasteiger partial charge in [-0.05, 0) is 62.2 Å². The molecule has 1 aliphatic heterocycles. The first kappa shape index (κ1) is 24.4. The fourth-order valence-corrected chi connectivity index (χ4v) is 5.00. The summed E-state index contributed by atoms with van der Waals surface area (Å²) in [4.78, 5) is 31.6. The predicted molar refractivity (Wildman–Crippen MR) is 131 cm³/mol. The SMILES string of the molecule is CCOC(=O)C1=C(C)N=c2sc(=Cc3ccc(F)cc3)c(=O)n2[C@H]1c1ccc(OC)c(OCC)c1. The number of allylic oxidation sites excluding steroid dienone is 1. The summed E-state index contributed by atoms with van der Waals surface area (Å²) in [6.07, 6.45) is 1.68. The Morgan fingerprint density at radius 3 is 2.54 bits per heavy atom. The van der Waals surface area contributed by atoms with Crippen molar-refractivity contribution < 1.29 is 23.4 Å². The summed E-state index contributed by atoms with van der Waals surface area (Å²) >= 11 is 1.20. The summed E-state index contributed by atoms with van der Waals surface area (Å²) in [5, 5.41) is 0. The maximum absolute atomic E-state index is 13.6. The standard InChI is InChI=1S/C26H25FN2O5S/c1-5-33-20-14-17(9-12-19(20)32-4)23-22(25(31)34-6-2)15(3)28-26-29(23)24(30)21(35-26)13-16-7-10-18(27)11-8-16/h7-14,23H,5-6H2,1-4H3/t23-/m0/s1. The van der Waals surface area contributed by atoms with Gasteiger partial charge in [-0.1, -0.05) is 29.5 Å². The molecule has 0 unspecified atom stereocenters. The van der Waals surface area contributed by atoms with E-state index < -0.39 is 12.0 Å². The number of carbonyl (C=O) groups is 1. The first-order valence-corrected chi connectivity index (χ1v) is 12.0. The molecule has 2 heterocycles. The molecule has 1 aromatic heterocycles. The van der Waals surface area contributed by atoms with Gasteiger partial charge in [-0.15, -0.1) is 0 Å². The minimum atomic E-state index is -0.772. The molecule has 0 N–H and O–H groups in total. The minimum Gasteiger partial charge on any atom is -0.493 e. The molecule has 0 bridgehead atoms. The Morgan fingerprint density at radius 1 is 1.14 bits per heavy atom. The molecule has 182 valence electrons. The number of esters is 1. The van der Waals surface area contributed by atoms with E-state index in [4.69, 9.17) is 14.2 Å². The molecular formula is C26H25FN2O5S. The Balaban J connectivity index is 1.96. The third-order valence-corrected chi connectivity index (χ3v) is 6.47. The quantitative estimate of drug-likeness (QED) is 0.469. The van der Waals surface area contributed by atoms with Gasteiger partial charge in [0.2, 0.25) is 0 Å². The number of thiazole rings is 1. The number of rotatable bonds is 7. The van der Waals surface area contributed by atoms with E-state index >= 15 is 0 Å². The van der Waals surface area contributed by atoms with Crippen molar-refractivity contribution in [2.75, 3.05) is 20.3 Å². The van der Waals surface area contributed by atoms with Crippen LogP contribution < -0.4 is 24.4 Å². The molecule has 0 aliphatic carbocycles. The molecule has 0 amide bonds. The number of ether oxygens (including phenoxy) is 3. The second-order valence-corrected chi connectivity index (χ2v) is 8.71. The topological polar surface area (TPSA) is 79.1 Å². The van der Waals surface area contributed by atoms with Gasteiger partial charge in [-0.25, -0.2) is 14.2 Å². The largest absolute Gasteiger partial charge is 0.493 e. The van der Waals surface area contributed by atoms with Crippen molar-refractivity contribution in [3.8, 4) is 11.5 Å². The van der Waals surface area contributed by atoms with Crippen molar-refractivity contribution in [2.24, 2.45) is 4.99 Å². The number of fused-ring (bicyclic) bond motifs is 1. The highest BCUT2D eigenvalue weighted by Gasteiger charge is 2.33. The smallest absolute Gasteiger partial charge is 0.338 e. The average Bonchev–Trinajstić information content (AvgIpc) is 3.14. The van der Waals surface area contributed by atoms with E-state index in [1.807, 2.05) is 6.92 Å². The van der Waals surface area contributed by atoms with Gasteiger partial charge in [-0.2, -0.15) is 0 Å². The normalized spacial score (nSPS) is 15.5. The number of hydrogen-bond acceptors (Lipinski definition) is 7. The van der Waals surface area contributed by atoms with Gasteiger partial charge in [0.15, 0.2) is 16.3 Å². The van der Waals surface area contributed by atoms with Crippen LogP contribution in [0.5, 0.6) is 11.5 Å². The Kier molecular flexibility index (Phi) is 7.16. The van der Waals surface area contributed by atoms with Crippen LogP contribution in [0.1, 0.15) is 37.9 Å². The fraction of sp³-hybridized carbons (Fsp3) is 0.269. The predicted octanol–water partition coefficient (Wildman–Crippen LogP) is 3.34. The molecule has 7 nitrogen and oxygen atoms in total. The van der Waals surface area contributed by atoms with Crippen molar-refractivity contribution in [3.63, 3.8) is 0 Å². The zero-order valence-electron chi connectivity index (χ0n) is 19.8. The Bertz CT molecular complexity index is 1470. The summed E-state index contributed by atoms with van der Waals surface area (Å²) in [5.41, 5.74) is 1.77. The molecule has 0 spiro atoms. The number of aromatic nitrogens is 1. The summed E-state index contributed by atoms with van der Waals surface area (Å²) < 4.78 is 31.7. The van der Waals surface area contributed by atoms with Gasteiger partial charge in [-0.3, -0.25) is 9.36 Å². The number of carbonyl (C=O) groups excluding carboxylic acids is 1. The lowest BCUT2D eigenvalue weighted by Gasteiger charge is -2.25. The van der Waals surface area contributed by atoms with Crippen LogP contribution in [0.3, 0.4) is 0 Å². The van der Waals surface area contributed by atoms with E-state index in [1.165, 1.54) is 28.0 Å². The van der Waals surface area contributed by atoms with E-state index in [1.54, 1.807) is 57.4 Å². The Morgan fingerprint density at radius 2 is 1.89 bits per heavy atom. The van der Waals surface area contributed by atoms with Gasteiger partial charge in [0.25, 0.3) is 5.56 Å². The van der Waals surface area contributed by atoms with Crippen molar-refractivity contribution in [1.29, 1.82) is 0 Å². The summed E-state index contributed by atoms with van der Waals surface area (Å²) in [5.74, 6) is 0.139. The van der Waals surface area contributed by atoms with Crippen LogP contribution in [0.4, 0.5) is 4.39 Å². The third-order valence-electron chi connectivity index (χ3n) is 5.49. The van der Waals surface area contributed by atoms with Crippen LogP contribution in [-0.2, 0) is 9.53 Å². The van der Waals surface area contributed by atoms with Gasteiger partial charge in [0.05, 0.1) is 42.2 Å². The van der Waals surface area contributed by atoms with Crippen LogP contribution in [-0.4, -0.2) is 30.9 Å². The van der Waals surface area contributed by atoms with Gasteiger partial charge in [0, 0.05) is 0 Å². The van der Waals surface area contributed by atoms with Gasteiger partial charge < -0.3 is 14.2 Å². The molecule has 0 fully saturated rings. The highest BCUT2D eigenvalue weighted by molar-refractivity contribution is 7.07. The average molecular weight is 497 g/mol. The molecule has 4 rings (SSSR count). The maximum atomic E-state index is 13.6. The van der Waals surface area contributed by atoms with Crippen molar-refractivity contribution in [1.82, 2.24) is 4.57 Å². The minimum absolute atomic E-state index is 0.185. The lowest BCUT2D eigenvalue weighted by molar-refractivity contribution is -0.139. The highest BCUT2D eigenvalue weighted by atomic mass is 32.1. The van der Waals surface area contributed by atoms with Crippen LogP contribution in [0.2, 0.25) is 0 Å². The van der Waals surface area contributed by atoms with Crippen LogP contribution >= 0.6 is 11.3 Å². The molecular weight excluding hydrogens is 471 g/mol. The van der Waals surface area contributed by atoms with E-state index in [2.05, 4.69) is 4.99 Å². The van der Waals surface area contributed by atoms with Crippen molar-refractivity contribution in [3.05, 3.63) is 90.4 Å². The number of halogens is 1. The van der Waals surface area contributed by atoms with E-state index in [-0.39, 0.29) is 23.6 Å². The van der Waals surface area contributed by atoms with Gasteiger partial charge >= 0.3 is 5.97 Å². The van der Waals surface area contributed by atoms with Crippen molar-refractivity contribution in [2.45, 2.75) is 26.8 Å². The lowest BCUT2D eigenvalue weighted by Crippen LogP contribution is -2.40. The first-order valence-electron chi connectivity index (χ1n) is 11.1. The number of methoxy groups -OCH3 is 1. The second kappa shape index (κ2) is 10.3. The molecule has 1 aliphatic rings. The molecule has 9 heteroatoms. The summed E-state index contributed by atoms with van der Waals surface area (Å²) in [6.45, 7) is 5.91. The fourth-order valence-electron chi connectivity index (χ4n) is 3.95. The summed E-state index contributed by atoms with van der Waals surface area (Å²) in [7, 11) is 1.55. The Labute approximate surface area is 205 Å². The van der Waals surface area contributed by atoms with Crippen LogP contribution in [0, 0.1) is 5.82 Å². The molecule has 2 aromatic carbocycles. The third kappa shape index (κ3) is 4.77. The van der Waals surface area contributed by atoms with E-state index in [0.717, 1.165) is 0 Å². The maximum Gasteiger partial charge on any atom is 0.338 e. The van der Waals surface area contributed by atoms with Gasteiger partial charge in [0.1, 0.15) is 5.82 Å².